The summed E-state index contributed by atoms with van der Waals surface area (Å²) in [7, 11) is 0. The van der Waals surface area contributed by atoms with Crippen molar-refractivity contribution in [3.8, 4) is 0 Å². The lowest BCUT2D eigenvalue weighted by molar-refractivity contribution is 0.594. The molecule has 163 valence electrons. The van der Waals surface area contributed by atoms with Crippen LogP contribution in [0.3, 0.4) is 0 Å². The zero-order valence-electron chi connectivity index (χ0n) is 19.0. The third-order valence-electron chi connectivity index (χ3n) is 6.04. The number of benzene rings is 3. The summed E-state index contributed by atoms with van der Waals surface area (Å²) in [6.07, 6.45) is 12.9. The van der Waals surface area contributed by atoms with Crippen LogP contribution in [-0.2, 0) is 12.8 Å². The second kappa shape index (κ2) is 14.5. The zero-order chi connectivity index (χ0) is 21.4. The average Bonchev–Trinajstić information content (AvgIpc) is 2.84. The fourth-order valence-electron chi connectivity index (χ4n) is 4.22. The maximum Gasteiger partial charge on any atom is 0.0366 e. The van der Waals surface area contributed by atoms with Gasteiger partial charge in [0.1, 0.15) is 0 Å². The van der Waals surface area contributed by atoms with Crippen molar-refractivity contribution in [3.05, 3.63) is 102 Å². The highest BCUT2D eigenvalue weighted by atomic mass is 15.1. The molecule has 0 bridgehead atoms. The van der Waals surface area contributed by atoms with Crippen molar-refractivity contribution in [1.82, 2.24) is 0 Å². The van der Waals surface area contributed by atoms with Crippen LogP contribution in [0.1, 0.15) is 62.5 Å². The van der Waals surface area contributed by atoms with Gasteiger partial charge in [0.2, 0.25) is 0 Å². The van der Waals surface area contributed by atoms with Gasteiger partial charge in [0, 0.05) is 18.8 Å². The molecule has 0 aliphatic rings. The molecule has 1 nitrogen and oxygen atoms in total. The van der Waals surface area contributed by atoms with E-state index in [0.29, 0.717) is 0 Å². The van der Waals surface area contributed by atoms with E-state index in [1.807, 2.05) is 12.1 Å². The molecule has 0 fully saturated rings. The summed E-state index contributed by atoms with van der Waals surface area (Å²) >= 11 is 0. The Hall–Kier alpha value is -2.54. The molecule has 0 atom stereocenters. The highest BCUT2D eigenvalue weighted by Gasteiger charge is 2.06. The molecular formula is C30H38N. The minimum Gasteiger partial charge on any atom is -0.372 e. The first kappa shape index (κ1) is 23.1. The molecule has 1 heteroatoms. The Balaban J connectivity index is 1.31. The SMILES string of the molecule is [c]1ccc(N(CCCCCCc2ccccc2)CCCCCCc2ccccc2)cc1. The highest BCUT2D eigenvalue weighted by molar-refractivity contribution is 5.45. The van der Waals surface area contributed by atoms with E-state index in [2.05, 4.69) is 83.8 Å². The summed E-state index contributed by atoms with van der Waals surface area (Å²) in [5.41, 5.74) is 4.29. The Morgan fingerprint density at radius 1 is 0.484 bits per heavy atom. The van der Waals surface area contributed by atoms with Gasteiger partial charge in [-0.2, -0.15) is 0 Å². The van der Waals surface area contributed by atoms with Crippen LogP contribution in [0, 0.1) is 6.07 Å². The van der Waals surface area contributed by atoms with Crippen molar-refractivity contribution in [2.24, 2.45) is 0 Å². The minimum atomic E-state index is 1.17. The van der Waals surface area contributed by atoms with Gasteiger partial charge in [0.25, 0.3) is 0 Å². The Morgan fingerprint density at radius 2 is 0.935 bits per heavy atom. The number of hydrogen-bond donors (Lipinski definition) is 0. The molecule has 3 rings (SSSR count). The van der Waals surface area contributed by atoms with Crippen LogP contribution in [0.15, 0.2) is 84.9 Å². The molecule has 0 amide bonds. The van der Waals surface area contributed by atoms with Crippen molar-refractivity contribution in [1.29, 1.82) is 0 Å². The second-order valence-electron chi connectivity index (χ2n) is 8.54. The third kappa shape index (κ3) is 9.42. The molecule has 0 aliphatic heterocycles. The van der Waals surface area contributed by atoms with Crippen LogP contribution in [0.4, 0.5) is 5.69 Å². The van der Waals surface area contributed by atoms with Gasteiger partial charge in [-0.15, -0.1) is 0 Å². The molecule has 3 aromatic carbocycles. The largest absolute Gasteiger partial charge is 0.372 e. The molecule has 0 saturated heterocycles. The van der Waals surface area contributed by atoms with E-state index in [9.17, 15) is 0 Å². The lowest BCUT2D eigenvalue weighted by Gasteiger charge is -2.25. The fourth-order valence-corrected chi connectivity index (χ4v) is 4.22. The van der Waals surface area contributed by atoms with Crippen molar-refractivity contribution in [2.75, 3.05) is 18.0 Å². The minimum absolute atomic E-state index is 1.17. The highest BCUT2D eigenvalue weighted by Crippen LogP contribution is 2.17. The first-order valence-corrected chi connectivity index (χ1v) is 12.2. The van der Waals surface area contributed by atoms with Gasteiger partial charge in [-0.1, -0.05) is 98.5 Å². The van der Waals surface area contributed by atoms with Crippen LogP contribution in [-0.4, -0.2) is 13.1 Å². The molecule has 3 aromatic rings. The van der Waals surface area contributed by atoms with Gasteiger partial charge in [0.15, 0.2) is 0 Å². The van der Waals surface area contributed by atoms with Crippen molar-refractivity contribution >= 4 is 5.69 Å². The molecule has 0 saturated carbocycles. The zero-order valence-corrected chi connectivity index (χ0v) is 19.0. The molecule has 0 aliphatic carbocycles. The van der Waals surface area contributed by atoms with Crippen LogP contribution >= 0.6 is 0 Å². The normalized spacial score (nSPS) is 10.8. The van der Waals surface area contributed by atoms with E-state index >= 15 is 0 Å². The van der Waals surface area contributed by atoms with E-state index < -0.39 is 0 Å². The van der Waals surface area contributed by atoms with Crippen molar-refractivity contribution in [2.45, 2.75) is 64.2 Å². The van der Waals surface area contributed by atoms with E-state index in [-0.39, 0.29) is 0 Å². The summed E-state index contributed by atoms with van der Waals surface area (Å²) in [6, 6.07) is 33.4. The van der Waals surface area contributed by atoms with E-state index in [0.717, 1.165) is 0 Å². The molecule has 0 aromatic heterocycles. The van der Waals surface area contributed by atoms with E-state index in [1.54, 1.807) is 0 Å². The molecule has 0 unspecified atom stereocenters. The van der Waals surface area contributed by atoms with Gasteiger partial charge in [-0.05, 0) is 67.9 Å². The van der Waals surface area contributed by atoms with Gasteiger partial charge in [-0.3, -0.25) is 0 Å². The van der Waals surface area contributed by atoms with Crippen molar-refractivity contribution in [3.63, 3.8) is 0 Å². The fraction of sp³-hybridized carbons (Fsp3) is 0.400. The molecule has 0 N–H and O–H groups in total. The molecule has 0 spiro atoms. The summed E-state index contributed by atoms with van der Waals surface area (Å²) in [6.45, 7) is 2.33. The third-order valence-corrected chi connectivity index (χ3v) is 6.04. The lowest BCUT2D eigenvalue weighted by Crippen LogP contribution is -2.25. The number of anilines is 1. The Kier molecular flexibility index (Phi) is 10.8. The monoisotopic (exact) mass is 412 g/mol. The van der Waals surface area contributed by atoms with Crippen LogP contribution in [0.2, 0.25) is 0 Å². The van der Waals surface area contributed by atoms with Crippen LogP contribution in [0.25, 0.3) is 0 Å². The number of hydrogen-bond acceptors (Lipinski definition) is 1. The number of unbranched alkanes of at least 4 members (excludes halogenated alkanes) is 6. The average molecular weight is 413 g/mol. The maximum absolute atomic E-state index is 3.16. The Labute approximate surface area is 190 Å². The predicted molar refractivity (Wildman–Crippen MR) is 135 cm³/mol. The number of nitrogens with zero attached hydrogens (tertiary/aromatic N) is 1. The Bertz CT molecular complexity index is 746. The van der Waals surface area contributed by atoms with Crippen LogP contribution < -0.4 is 4.90 Å². The smallest absolute Gasteiger partial charge is 0.0366 e. The van der Waals surface area contributed by atoms with E-state index in [1.165, 1.54) is 94.1 Å². The van der Waals surface area contributed by atoms with E-state index in [4.69, 9.17) is 0 Å². The molecule has 1 radical (unpaired) electrons. The Morgan fingerprint density at radius 3 is 1.42 bits per heavy atom. The summed E-state index contributed by atoms with van der Waals surface area (Å²) < 4.78 is 0. The summed E-state index contributed by atoms with van der Waals surface area (Å²) in [5.74, 6) is 0. The molecular weight excluding hydrogens is 374 g/mol. The molecule has 0 heterocycles. The quantitative estimate of drug-likeness (QED) is 0.229. The number of rotatable bonds is 15. The summed E-state index contributed by atoms with van der Waals surface area (Å²) in [5, 5.41) is 0. The standard InChI is InChI=1S/C30H38N/c1(8-18-28-20-10-5-11-21-28)3-16-26-31(30-24-14-7-15-25-30)27-17-4-2-9-19-29-22-12-6-13-23-29/h5-6,10-15,20-25H,1-4,8-9,16-19,26-27H2. The van der Waals surface area contributed by atoms with Crippen LogP contribution in [0.5, 0.6) is 0 Å². The lowest BCUT2D eigenvalue weighted by atomic mass is 10.1. The molecule has 31 heavy (non-hydrogen) atoms. The summed E-state index contributed by atoms with van der Waals surface area (Å²) in [4.78, 5) is 2.59. The first-order chi connectivity index (χ1) is 15.4. The van der Waals surface area contributed by atoms with Gasteiger partial charge in [0.05, 0.1) is 0 Å². The first-order valence-electron chi connectivity index (χ1n) is 12.2. The van der Waals surface area contributed by atoms with Crippen molar-refractivity contribution < 1.29 is 0 Å². The topological polar surface area (TPSA) is 3.24 Å². The second-order valence-corrected chi connectivity index (χ2v) is 8.54. The number of aryl methyl sites for hydroxylation is 2. The van der Waals surface area contributed by atoms with Gasteiger partial charge in [-0.25, -0.2) is 0 Å². The maximum atomic E-state index is 3.16. The van der Waals surface area contributed by atoms with Gasteiger partial charge >= 0.3 is 0 Å². The van der Waals surface area contributed by atoms with Gasteiger partial charge < -0.3 is 4.90 Å². The predicted octanol–water partition coefficient (Wildman–Crippen LogP) is 7.90.